The van der Waals surface area contributed by atoms with E-state index in [1.165, 1.54) is 0 Å². The smallest absolute Gasteiger partial charge is 0.276 e. The number of ether oxygens (including phenoxy) is 1. The van der Waals surface area contributed by atoms with Crippen LogP contribution in [0.25, 0.3) is 0 Å². The summed E-state index contributed by atoms with van der Waals surface area (Å²) >= 11 is 0. The second-order valence-corrected chi connectivity index (χ2v) is 3.11. The van der Waals surface area contributed by atoms with Crippen LogP contribution in [0.15, 0.2) is 18.3 Å². The number of anilines is 2. The van der Waals surface area contributed by atoms with Gasteiger partial charge in [0.15, 0.2) is 0 Å². The molecule has 13 heavy (non-hydrogen) atoms. The standard InChI is InChI=1S/C9H13N3O/c10-8-1-2-11-9(7-8)12-3-5-13-6-4-12/h1-2,7H,3-6H2,(H2,10,11)/p+1. The third kappa shape index (κ3) is 1.89. The largest absolute Gasteiger partial charge is 0.398 e. The van der Waals surface area contributed by atoms with E-state index >= 15 is 0 Å². The molecule has 1 aromatic rings. The van der Waals surface area contributed by atoms with Crippen LogP contribution < -0.4 is 15.6 Å². The number of rotatable bonds is 1. The maximum Gasteiger partial charge on any atom is 0.276 e. The van der Waals surface area contributed by atoms with E-state index in [1.54, 1.807) is 0 Å². The lowest BCUT2D eigenvalue weighted by Gasteiger charge is -2.21. The number of aromatic nitrogens is 1. The molecule has 0 atom stereocenters. The van der Waals surface area contributed by atoms with Crippen LogP contribution in [-0.4, -0.2) is 26.3 Å². The molecule has 4 nitrogen and oxygen atoms in total. The van der Waals surface area contributed by atoms with Gasteiger partial charge in [0.1, 0.15) is 13.1 Å². The van der Waals surface area contributed by atoms with Gasteiger partial charge in [-0.05, 0) is 0 Å². The van der Waals surface area contributed by atoms with Crippen LogP contribution in [0.5, 0.6) is 0 Å². The molecule has 0 spiro atoms. The predicted molar refractivity (Wildman–Crippen MR) is 50.4 cm³/mol. The molecule has 0 unspecified atom stereocenters. The van der Waals surface area contributed by atoms with Gasteiger partial charge < -0.3 is 10.5 Å². The quantitative estimate of drug-likeness (QED) is 0.657. The Kier molecular flexibility index (Phi) is 2.31. The molecular formula is C9H14N3O+. The van der Waals surface area contributed by atoms with E-state index in [0.717, 1.165) is 37.8 Å². The van der Waals surface area contributed by atoms with E-state index in [9.17, 15) is 0 Å². The summed E-state index contributed by atoms with van der Waals surface area (Å²) in [6.45, 7) is 3.45. The highest BCUT2D eigenvalue weighted by atomic mass is 16.5. The number of nitrogens with one attached hydrogen (secondary N) is 1. The molecule has 3 N–H and O–H groups in total. The Morgan fingerprint density at radius 2 is 2.15 bits per heavy atom. The van der Waals surface area contributed by atoms with Crippen molar-refractivity contribution in [3.05, 3.63) is 18.3 Å². The van der Waals surface area contributed by atoms with Crippen molar-refractivity contribution in [1.29, 1.82) is 0 Å². The molecule has 1 saturated heterocycles. The molecule has 0 bridgehead atoms. The van der Waals surface area contributed by atoms with Crippen molar-refractivity contribution in [3.8, 4) is 0 Å². The monoisotopic (exact) mass is 180 g/mol. The number of nitrogens with two attached hydrogens (primary N) is 1. The van der Waals surface area contributed by atoms with Gasteiger partial charge in [0, 0.05) is 11.8 Å². The van der Waals surface area contributed by atoms with E-state index in [1.807, 2.05) is 18.3 Å². The Morgan fingerprint density at radius 3 is 2.85 bits per heavy atom. The maximum atomic E-state index is 5.69. The highest BCUT2D eigenvalue weighted by Gasteiger charge is 2.18. The number of nitrogen functional groups attached to an aromatic ring is 1. The molecule has 1 aliphatic rings. The minimum atomic E-state index is 0.792. The zero-order chi connectivity index (χ0) is 9.10. The zero-order valence-electron chi connectivity index (χ0n) is 7.49. The van der Waals surface area contributed by atoms with Crippen LogP contribution in [0.4, 0.5) is 11.5 Å². The summed E-state index contributed by atoms with van der Waals surface area (Å²) in [5, 5.41) is 0. The van der Waals surface area contributed by atoms with Gasteiger partial charge in [-0.2, -0.15) is 0 Å². The third-order valence-electron chi connectivity index (χ3n) is 2.16. The van der Waals surface area contributed by atoms with Crippen LogP contribution in [0, 0.1) is 0 Å². The number of H-pyrrole nitrogens is 1. The average Bonchev–Trinajstić information content (AvgIpc) is 2.19. The highest BCUT2D eigenvalue weighted by Crippen LogP contribution is 2.11. The fourth-order valence-corrected chi connectivity index (χ4v) is 1.46. The number of hydrogen-bond acceptors (Lipinski definition) is 3. The molecule has 70 valence electrons. The minimum absolute atomic E-state index is 0.792. The van der Waals surface area contributed by atoms with Gasteiger partial charge in [-0.3, -0.25) is 4.90 Å². The van der Waals surface area contributed by atoms with Crippen molar-refractivity contribution >= 4 is 11.5 Å². The summed E-state index contributed by atoms with van der Waals surface area (Å²) in [6, 6.07) is 3.80. The molecule has 0 aromatic carbocycles. The first kappa shape index (κ1) is 8.31. The molecule has 0 radical (unpaired) electrons. The SMILES string of the molecule is Nc1cc[nH+]c(N2CCOCC2)c1. The number of hydrogen-bond donors (Lipinski definition) is 1. The molecule has 0 saturated carbocycles. The van der Waals surface area contributed by atoms with Crippen molar-refractivity contribution in [2.75, 3.05) is 36.9 Å². The molecule has 1 aromatic heterocycles. The average molecular weight is 180 g/mol. The van der Waals surface area contributed by atoms with Crippen LogP contribution >= 0.6 is 0 Å². The van der Waals surface area contributed by atoms with Gasteiger partial charge in [-0.25, -0.2) is 4.98 Å². The molecule has 1 fully saturated rings. The first-order valence-corrected chi connectivity index (χ1v) is 4.46. The van der Waals surface area contributed by atoms with Gasteiger partial charge in [0.05, 0.1) is 25.5 Å². The fraction of sp³-hybridized carbons (Fsp3) is 0.444. The van der Waals surface area contributed by atoms with Gasteiger partial charge >= 0.3 is 0 Å². The van der Waals surface area contributed by atoms with Crippen molar-refractivity contribution in [2.24, 2.45) is 0 Å². The second kappa shape index (κ2) is 3.62. The highest BCUT2D eigenvalue weighted by molar-refractivity contribution is 5.46. The van der Waals surface area contributed by atoms with E-state index in [2.05, 4.69) is 9.88 Å². The topological polar surface area (TPSA) is 52.6 Å². The predicted octanol–water partition coefficient (Wildman–Crippen LogP) is -0.0805. The maximum absolute atomic E-state index is 5.69. The van der Waals surface area contributed by atoms with Crippen LogP contribution in [0.1, 0.15) is 0 Å². The van der Waals surface area contributed by atoms with Crippen LogP contribution in [0.2, 0.25) is 0 Å². The van der Waals surface area contributed by atoms with Crippen molar-refractivity contribution in [3.63, 3.8) is 0 Å². The molecule has 0 aliphatic carbocycles. The summed E-state index contributed by atoms with van der Waals surface area (Å²) in [5.41, 5.74) is 6.48. The van der Waals surface area contributed by atoms with Gasteiger partial charge in [-0.15, -0.1) is 0 Å². The van der Waals surface area contributed by atoms with E-state index in [4.69, 9.17) is 10.5 Å². The third-order valence-corrected chi connectivity index (χ3v) is 2.16. The van der Waals surface area contributed by atoms with Gasteiger partial charge in [0.25, 0.3) is 5.82 Å². The molecule has 2 heterocycles. The Labute approximate surface area is 77.3 Å². The van der Waals surface area contributed by atoms with Crippen molar-refractivity contribution in [1.82, 2.24) is 0 Å². The Morgan fingerprint density at radius 1 is 1.38 bits per heavy atom. The summed E-state index contributed by atoms with van der Waals surface area (Å²) in [6.07, 6.45) is 1.86. The normalized spacial score (nSPS) is 17.4. The lowest BCUT2D eigenvalue weighted by molar-refractivity contribution is -0.364. The number of morpholine rings is 1. The Bertz CT molecular complexity index is 284. The van der Waals surface area contributed by atoms with Crippen LogP contribution in [0.3, 0.4) is 0 Å². The molecule has 1 aliphatic heterocycles. The first-order chi connectivity index (χ1) is 6.36. The minimum Gasteiger partial charge on any atom is -0.398 e. The molecule has 4 heteroatoms. The number of aromatic amines is 1. The summed E-state index contributed by atoms with van der Waals surface area (Å²) in [4.78, 5) is 5.41. The van der Waals surface area contributed by atoms with Gasteiger partial charge in [-0.1, -0.05) is 0 Å². The number of pyridine rings is 1. The zero-order valence-corrected chi connectivity index (χ0v) is 7.49. The lowest BCUT2D eigenvalue weighted by Crippen LogP contribution is -2.39. The summed E-state index contributed by atoms with van der Waals surface area (Å²) < 4.78 is 5.26. The molecule has 0 amide bonds. The Hall–Kier alpha value is -1.29. The van der Waals surface area contributed by atoms with E-state index in [-0.39, 0.29) is 0 Å². The lowest BCUT2D eigenvalue weighted by atomic mass is 10.3. The first-order valence-electron chi connectivity index (χ1n) is 4.46. The number of nitrogens with zero attached hydrogens (tertiary/aromatic N) is 1. The van der Waals surface area contributed by atoms with Crippen LogP contribution in [-0.2, 0) is 4.74 Å². The molecular weight excluding hydrogens is 166 g/mol. The van der Waals surface area contributed by atoms with Crippen molar-refractivity contribution < 1.29 is 9.72 Å². The molecule has 2 rings (SSSR count). The van der Waals surface area contributed by atoms with E-state index in [0.29, 0.717) is 0 Å². The summed E-state index contributed by atoms with van der Waals surface area (Å²) in [7, 11) is 0. The second-order valence-electron chi connectivity index (χ2n) is 3.11. The van der Waals surface area contributed by atoms with E-state index < -0.39 is 0 Å². The summed E-state index contributed by atoms with van der Waals surface area (Å²) in [5.74, 6) is 1.07. The fourth-order valence-electron chi connectivity index (χ4n) is 1.46. The van der Waals surface area contributed by atoms with Gasteiger partial charge in [0.2, 0.25) is 0 Å². The van der Waals surface area contributed by atoms with Crippen molar-refractivity contribution in [2.45, 2.75) is 0 Å². The Balaban J connectivity index is 2.14.